The van der Waals surface area contributed by atoms with E-state index < -0.39 is 6.04 Å². The van der Waals surface area contributed by atoms with Crippen molar-refractivity contribution in [1.29, 1.82) is 0 Å². The SMILES string of the molecule is COC(=O)C(NC1CCCC1)c1nc(C)cs1. The molecule has 0 aliphatic heterocycles. The van der Waals surface area contributed by atoms with Gasteiger partial charge in [-0.1, -0.05) is 12.8 Å². The summed E-state index contributed by atoms with van der Waals surface area (Å²) >= 11 is 1.51. The van der Waals surface area contributed by atoms with Gasteiger partial charge in [0.25, 0.3) is 0 Å². The molecule has 0 bridgehead atoms. The number of esters is 1. The molecule has 94 valence electrons. The number of methoxy groups -OCH3 is 1. The van der Waals surface area contributed by atoms with Crippen LogP contribution >= 0.6 is 11.3 Å². The fourth-order valence-corrected chi connectivity index (χ4v) is 3.03. The maximum atomic E-state index is 11.8. The Kier molecular flexibility index (Phi) is 4.12. The molecule has 1 saturated carbocycles. The second-order valence-electron chi connectivity index (χ2n) is 4.43. The second kappa shape index (κ2) is 5.60. The molecule has 0 amide bonds. The van der Waals surface area contributed by atoms with Crippen molar-refractivity contribution in [3.63, 3.8) is 0 Å². The van der Waals surface area contributed by atoms with Crippen LogP contribution in [0.3, 0.4) is 0 Å². The molecular weight excluding hydrogens is 236 g/mol. The van der Waals surface area contributed by atoms with Crippen LogP contribution in [0, 0.1) is 6.92 Å². The van der Waals surface area contributed by atoms with Crippen molar-refractivity contribution in [2.24, 2.45) is 0 Å². The molecule has 1 aliphatic rings. The molecule has 1 aromatic rings. The van der Waals surface area contributed by atoms with Gasteiger partial charge in [0.2, 0.25) is 0 Å². The molecule has 17 heavy (non-hydrogen) atoms. The molecule has 2 rings (SSSR count). The lowest BCUT2D eigenvalue weighted by atomic mass is 10.2. The number of ether oxygens (including phenoxy) is 1. The summed E-state index contributed by atoms with van der Waals surface area (Å²) in [4.78, 5) is 16.2. The van der Waals surface area contributed by atoms with Crippen molar-refractivity contribution < 1.29 is 9.53 Å². The number of nitrogens with zero attached hydrogens (tertiary/aromatic N) is 1. The number of rotatable bonds is 4. The summed E-state index contributed by atoms with van der Waals surface area (Å²) < 4.78 is 4.85. The van der Waals surface area contributed by atoms with Crippen LogP contribution in [0.25, 0.3) is 0 Å². The first-order chi connectivity index (χ1) is 8.20. The molecule has 1 N–H and O–H groups in total. The highest BCUT2D eigenvalue weighted by Crippen LogP contribution is 2.24. The minimum Gasteiger partial charge on any atom is -0.468 e. The highest BCUT2D eigenvalue weighted by Gasteiger charge is 2.28. The van der Waals surface area contributed by atoms with E-state index in [9.17, 15) is 4.79 Å². The van der Waals surface area contributed by atoms with Crippen molar-refractivity contribution in [3.05, 3.63) is 16.1 Å². The summed E-state index contributed by atoms with van der Waals surface area (Å²) in [7, 11) is 1.42. The summed E-state index contributed by atoms with van der Waals surface area (Å²) in [5.41, 5.74) is 0.951. The van der Waals surface area contributed by atoms with E-state index in [2.05, 4.69) is 10.3 Å². The van der Waals surface area contributed by atoms with Crippen LogP contribution in [0.5, 0.6) is 0 Å². The molecule has 1 heterocycles. The third-order valence-corrected chi connectivity index (χ3v) is 4.11. The van der Waals surface area contributed by atoms with Gasteiger partial charge in [0.05, 0.1) is 7.11 Å². The number of hydrogen-bond donors (Lipinski definition) is 1. The van der Waals surface area contributed by atoms with E-state index in [4.69, 9.17) is 4.74 Å². The number of aryl methyl sites for hydroxylation is 1. The summed E-state index contributed by atoms with van der Waals surface area (Å²) in [6.07, 6.45) is 4.75. The molecule has 1 atom stereocenters. The number of thiazole rings is 1. The molecule has 1 fully saturated rings. The van der Waals surface area contributed by atoms with Gasteiger partial charge in [-0.3, -0.25) is 5.32 Å². The van der Waals surface area contributed by atoms with Crippen molar-refractivity contribution >= 4 is 17.3 Å². The minimum atomic E-state index is -0.401. The Balaban J connectivity index is 2.10. The van der Waals surface area contributed by atoms with Gasteiger partial charge >= 0.3 is 5.97 Å². The molecule has 1 aromatic heterocycles. The molecule has 0 aromatic carbocycles. The lowest BCUT2D eigenvalue weighted by Gasteiger charge is -2.18. The third-order valence-electron chi connectivity index (χ3n) is 3.08. The lowest BCUT2D eigenvalue weighted by molar-refractivity contribution is -0.143. The van der Waals surface area contributed by atoms with Gasteiger partial charge < -0.3 is 4.74 Å². The molecule has 1 aliphatic carbocycles. The van der Waals surface area contributed by atoms with E-state index in [0.717, 1.165) is 23.5 Å². The zero-order chi connectivity index (χ0) is 12.3. The second-order valence-corrected chi connectivity index (χ2v) is 5.32. The van der Waals surface area contributed by atoms with Crippen molar-refractivity contribution in [3.8, 4) is 0 Å². The summed E-state index contributed by atoms with van der Waals surface area (Å²) in [5.74, 6) is -0.244. The van der Waals surface area contributed by atoms with Gasteiger partial charge in [0.1, 0.15) is 5.01 Å². The van der Waals surface area contributed by atoms with Crippen LogP contribution in [0.4, 0.5) is 0 Å². The Morgan fingerprint density at radius 3 is 2.82 bits per heavy atom. The Labute approximate surface area is 105 Å². The van der Waals surface area contributed by atoms with E-state index in [1.165, 1.54) is 31.3 Å². The number of nitrogens with one attached hydrogen (secondary N) is 1. The predicted octanol–water partition coefficient (Wildman–Crippen LogP) is 2.20. The fraction of sp³-hybridized carbons (Fsp3) is 0.667. The van der Waals surface area contributed by atoms with Crippen LogP contribution in [-0.2, 0) is 9.53 Å². The van der Waals surface area contributed by atoms with Gasteiger partial charge in [0.15, 0.2) is 6.04 Å². The first-order valence-electron chi connectivity index (χ1n) is 5.96. The molecule has 0 radical (unpaired) electrons. The fourth-order valence-electron chi connectivity index (χ4n) is 2.19. The van der Waals surface area contributed by atoms with Crippen LogP contribution in [0.1, 0.15) is 42.4 Å². The van der Waals surface area contributed by atoms with Gasteiger partial charge in [-0.2, -0.15) is 0 Å². The van der Waals surface area contributed by atoms with E-state index >= 15 is 0 Å². The number of carbonyl (C=O) groups is 1. The van der Waals surface area contributed by atoms with Crippen LogP contribution in [0.2, 0.25) is 0 Å². The first-order valence-corrected chi connectivity index (χ1v) is 6.84. The van der Waals surface area contributed by atoms with Gasteiger partial charge in [-0.25, -0.2) is 9.78 Å². The highest BCUT2D eigenvalue weighted by atomic mass is 32.1. The van der Waals surface area contributed by atoms with E-state index in [1.54, 1.807) is 0 Å². The minimum absolute atomic E-state index is 0.244. The topological polar surface area (TPSA) is 51.2 Å². The van der Waals surface area contributed by atoms with E-state index in [0.29, 0.717) is 6.04 Å². The van der Waals surface area contributed by atoms with E-state index in [1.807, 2.05) is 12.3 Å². The Morgan fingerprint density at radius 1 is 1.59 bits per heavy atom. The quantitative estimate of drug-likeness (QED) is 0.837. The summed E-state index contributed by atoms with van der Waals surface area (Å²) in [6.45, 7) is 1.93. The lowest BCUT2D eigenvalue weighted by Crippen LogP contribution is -2.36. The first kappa shape index (κ1) is 12.5. The van der Waals surface area contributed by atoms with Crippen molar-refractivity contribution in [1.82, 2.24) is 10.3 Å². The van der Waals surface area contributed by atoms with Gasteiger partial charge in [0, 0.05) is 17.1 Å². The Morgan fingerprint density at radius 2 is 2.29 bits per heavy atom. The normalized spacial score (nSPS) is 18.2. The smallest absolute Gasteiger partial charge is 0.330 e. The predicted molar refractivity (Wildman–Crippen MR) is 67.0 cm³/mol. The summed E-state index contributed by atoms with van der Waals surface area (Å²) in [5, 5.41) is 6.14. The number of aromatic nitrogens is 1. The van der Waals surface area contributed by atoms with Gasteiger partial charge in [-0.05, 0) is 19.8 Å². The van der Waals surface area contributed by atoms with Crippen LogP contribution < -0.4 is 5.32 Å². The van der Waals surface area contributed by atoms with Crippen molar-refractivity contribution in [2.75, 3.05) is 7.11 Å². The molecule has 0 spiro atoms. The third kappa shape index (κ3) is 3.04. The van der Waals surface area contributed by atoms with Crippen LogP contribution in [-0.4, -0.2) is 24.1 Å². The zero-order valence-corrected chi connectivity index (χ0v) is 11.0. The molecule has 5 heteroatoms. The average Bonchev–Trinajstić information content (AvgIpc) is 2.96. The maximum Gasteiger partial charge on any atom is 0.330 e. The summed E-state index contributed by atoms with van der Waals surface area (Å²) in [6, 6.07) is 0.0186. The van der Waals surface area contributed by atoms with Crippen LogP contribution in [0.15, 0.2) is 5.38 Å². The zero-order valence-electron chi connectivity index (χ0n) is 10.2. The van der Waals surface area contributed by atoms with Gasteiger partial charge in [-0.15, -0.1) is 11.3 Å². The van der Waals surface area contributed by atoms with Crippen molar-refractivity contribution in [2.45, 2.75) is 44.7 Å². The standard InChI is InChI=1S/C12H18N2O2S/c1-8-7-17-11(13-8)10(12(15)16-2)14-9-5-3-4-6-9/h7,9-10,14H,3-6H2,1-2H3. The monoisotopic (exact) mass is 254 g/mol. The largest absolute Gasteiger partial charge is 0.468 e. The maximum absolute atomic E-state index is 11.8. The molecule has 0 saturated heterocycles. The Bertz CT molecular complexity index is 386. The number of carbonyl (C=O) groups excluding carboxylic acids is 1. The molecular formula is C12H18N2O2S. The number of hydrogen-bond acceptors (Lipinski definition) is 5. The highest BCUT2D eigenvalue weighted by molar-refractivity contribution is 7.09. The average molecular weight is 254 g/mol. The molecule has 4 nitrogen and oxygen atoms in total. The molecule has 1 unspecified atom stereocenters. The Hall–Kier alpha value is -0.940. The van der Waals surface area contributed by atoms with E-state index in [-0.39, 0.29) is 5.97 Å².